The van der Waals surface area contributed by atoms with Crippen LogP contribution in [-0.4, -0.2) is 4.57 Å². The summed E-state index contributed by atoms with van der Waals surface area (Å²) in [5, 5.41) is 4.79. The monoisotopic (exact) mass is 794 g/mol. The summed E-state index contributed by atoms with van der Waals surface area (Å²) in [4.78, 5) is 7.04. The molecule has 0 saturated carbocycles. The first-order chi connectivity index (χ1) is 30.8. The molecule has 294 valence electrons. The summed E-state index contributed by atoms with van der Waals surface area (Å²) in [7, 11) is 0. The van der Waals surface area contributed by atoms with Gasteiger partial charge in [-0.3, -0.25) is 0 Å². The molecule has 4 heteroatoms. The van der Waals surface area contributed by atoms with E-state index in [0.29, 0.717) is 0 Å². The molecule has 1 aromatic heterocycles. The van der Waals surface area contributed by atoms with E-state index in [1.165, 1.54) is 21.5 Å². The number of para-hydroxylation sites is 5. The Morgan fingerprint density at radius 1 is 0.242 bits per heavy atom. The second-order valence-corrected chi connectivity index (χ2v) is 15.4. The van der Waals surface area contributed by atoms with Gasteiger partial charge < -0.3 is 19.3 Å². The molecule has 0 aliphatic rings. The van der Waals surface area contributed by atoms with Crippen molar-refractivity contribution in [2.75, 3.05) is 14.7 Å². The SMILES string of the molecule is c1ccc(N(c2ccccc2)c2ccc3c4ccc(N(c5ccccc5)c5ccccc5)cc4n(-c4ccc(N(c5ccccc5)c5cccc6ccccc56)cc4)c3c2)cc1. The Kier molecular flexibility index (Phi) is 9.49. The number of nitrogens with zero attached hydrogens (tertiary/aromatic N) is 4. The van der Waals surface area contributed by atoms with Gasteiger partial charge in [0.25, 0.3) is 0 Å². The van der Waals surface area contributed by atoms with Gasteiger partial charge in [-0.05, 0) is 121 Å². The van der Waals surface area contributed by atoms with Crippen LogP contribution in [0.15, 0.2) is 255 Å². The van der Waals surface area contributed by atoms with E-state index in [1.807, 2.05) is 0 Å². The maximum atomic E-state index is 2.44. The largest absolute Gasteiger partial charge is 0.310 e. The molecule has 62 heavy (non-hydrogen) atoms. The Morgan fingerprint density at radius 3 is 1.05 bits per heavy atom. The van der Waals surface area contributed by atoms with Crippen molar-refractivity contribution in [1.29, 1.82) is 0 Å². The number of benzene rings is 10. The van der Waals surface area contributed by atoms with Crippen molar-refractivity contribution in [3.63, 3.8) is 0 Å². The van der Waals surface area contributed by atoms with E-state index in [0.717, 1.165) is 67.9 Å². The number of rotatable bonds is 10. The van der Waals surface area contributed by atoms with Crippen molar-refractivity contribution >= 4 is 83.8 Å². The number of anilines is 9. The second-order valence-electron chi connectivity index (χ2n) is 15.4. The minimum absolute atomic E-state index is 1.07. The molecule has 10 aromatic carbocycles. The zero-order valence-electron chi connectivity index (χ0n) is 34.0. The smallest absolute Gasteiger partial charge is 0.0561 e. The van der Waals surface area contributed by atoms with Gasteiger partial charge in [-0.25, -0.2) is 0 Å². The van der Waals surface area contributed by atoms with Crippen molar-refractivity contribution in [3.05, 3.63) is 255 Å². The van der Waals surface area contributed by atoms with E-state index in [1.54, 1.807) is 0 Å². The number of hydrogen-bond donors (Lipinski definition) is 0. The van der Waals surface area contributed by atoms with Gasteiger partial charge in [-0.1, -0.05) is 140 Å². The van der Waals surface area contributed by atoms with Crippen LogP contribution in [0.4, 0.5) is 51.2 Å². The quantitative estimate of drug-likeness (QED) is 0.137. The average Bonchev–Trinajstić information content (AvgIpc) is 3.67. The number of aromatic nitrogens is 1. The average molecular weight is 795 g/mol. The lowest BCUT2D eigenvalue weighted by atomic mass is 10.1. The first-order valence-electron chi connectivity index (χ1n) is 21.1. The highest BCUT2D eigenvalue weighted by atomic mass is 15.2. The predicted molar refractivity (Wildman–Crippen MR) is 262 cm³/mol. The highest BCUT2D eigenvalue weighted by Gasteiger charge is 2.21. The highest BCUT2D eigenvalue weighted by Crippen LogP contribution is 2.44. The van der Waals surface area contributed by atoms with E-state index in [9.17, 15) is 0 Å². The van der Waals surface area contributed by atoms with Gasteiger partial charge >= 0.3 is 0 Å². The molecule has 0 radical (unpaired) electrons. The lowest BCUT2D eigenvalue weighted by Gasteiger charge is -2.27. The van der Waals surface area contributed by atoms with Crippen molar-refractivity contribution in [1.82, 2.24) is 4.57 Å². The van der Waals surface area contributed by atoms with Gasteiger partial charge in [0.2, 0.25) is 0 Å². The van der Waals surface area contributed by atoms with Crippen LogP contribution in [-0.2, 0) is 0 Å². The molecule has 0 atom stereocenters. The fourth-order valence-corrected chi connectivity index (χ4v) is 8.91. The molecule has 11 aromatic rings. The van der Waals surface area contributed by atoms with Gasteiger partial charge in [0.05, 0.1) is 16.7 Å². The normalized spacial score (nSPS) is 11.2. The summed E-state index contributed by atoms with van der Waals surface area (Å²) in [6.07, 6.45) is 0. The van der Waals surface area contributed by atoms with Gasteiger partial charge in [0.1, 0.15) is 0 Å². The Balaban J connectivity index is 1.13. The predicted octanol–water partition coefficient (Wildman–Crippen LogP) is 16.3. The summed E-state index contributed by atoms with van der Waals surface area (Å²) >= 11 is 0. The van der Waals surface area contributed by atoms with Crippen LogP contribution >= 0.6 is 0 Å². The van der Waals surface area contributed by atoms with E-state index in [2.05, 4.69) is 274 Å². The highest BCUT2D eigenvalue weighted by molar-refractivity contribution is 6.11. The standard InChI is InChI=1S/C58H42N4/c1-6-21-44(22-7-1)59(45-23-8-2-9-24-45)51-37-39-54-55-40-38-52(60(46-25-10-3-11-26-46)47-27-12-4-13-28-47)42-58(55)62(57(54)41-51)50-35-33-49(34-36-50)61(48-29-14-5-15-30-48)56-32-18-20-43-19-16-17-31-53(43)56/h1-42H. The Morgan fingerprint density at radius 2 is 0.597 bits per heavy atom. The first kappa shape index (κ1) is 36.7. The van der Waals surface area contributed by atoms with E-state index in [4.69, 9.17) is 0 Å². The minimum atomic E-state index is 1.07. The first-order valence-corrected chi connectivity index (χ1v) is 21.1. The molecule has 0 aliphatic carbocycles. The molecule has 0 bridgehead atoms. The fraction of sp³-hybridized carbons (Fsp3) is 0. The maximum absolute atomic E-state index is 2.44. The molecule has 0 spiro atoms. The van der Waals surface area contributed by atoms with Crippen LogP contribution in [0.5, 0.6) is 0 Å². The van der Waals surface area contributed by atoms with Crippen LogP contribution < -0.4 is 14.7 Å². The van der Waals surface area contributed by atoms with Crippen LogP contribution in [0.25, 0.3) is 38.3 Å². The molecule has 0 unspecified atom stereocenters. The zero-order chi connectivity index (χ0) is 41.2. The number of fused-ring (bicyclic) bond motifs is 4. The third-order valence-corrected chi connectivity index (χ3v) is 11.7. The van der Waals surface area contributed by atoms with Gasteiger partial charge in [-0.15, -0.1) is 0 Å². The lowest BCUT2D eigenvalue weighted by molar-refractivity contribution is 1.17. The summed E-state index contributed by atoms with van der Waals surface area (Å²) in [6.45, 7) is 0. The molecular formula is C58H42N4. The van der Waals surface area contributed by atoms with Crippen molar-refractivity contribution in [3.8, 4) is 5.69 Å². The van der Waals surface area contributed by atoms with Crippen molar-refractivity contribution in [2.24, 2.45) is 0 Å². The Hall–Kier alpha value is -8.34. The molecule has 0 fully saturated rings. The zero-order valence-corrected chi connectivity index (χ0v) is 34.0. The minimum Gasteiger partial charge on any atom is -0.310 e. The molecule has 0 N–H and O–H groups in total. The summed E-state index contributed by atoms with van der Waals surface area (Å²) in [6, 6.07) is 91.2. The molecule has 0 amide bonds. The van der Waals surface area contributed by atoms with Gasteiger partial charge in [0, 0.05) is 67.3 Å². The van der Waals surface area contributed by atoms with Gasteiger partial charge in [-0.2, -0.15) is 0 Å². The topological polar surface area (TPSA) is 14.7 Å². The van der Waals surface area contributed by atoms with Crippen LogP contribution in [0.1, 0.15) is 0 Å². The van der Waals surface area contributed by atoms with Crippen LogP contribution in [0, 0.1) is 0 Å². The Labute approximate surface area is 362 Å². The van der Waals surface area contributed by atoms with Crippen molar-refractivity contribution in [2.45, 2.75) is 0 Å². The summed E-state index contributed by atoms with van der Waals surface area (Å²) in [5.74, 6) is 0. The lowest BCUT2D eigenvalue weighted by Crippen LogP contribution is -2.11. The van der Waals surface area contributed by atoms with Crippen molar-refractivity contribution < 1.29 is 0 Å². The molecule has 0 saturated heterocycles. The second kappa shape index (κ2) is 16.0. The van der Waals surface area contributed by atoms with E-state index in [-0.39, 0.29) is 0 Å². The molecule has 11 rings (SSSR count). The maximum Gasteiger partial charge on any atom is 0.0561 e. The van der Waals surface area contributed by atoms with Gasteiger partial charge in [0.15, 0.2) is 0 Å². The number of hydrogen-bond acceptors (Lipinski definition) is 3. The molecule has 4 nitrogen and oxygen atoms in total. The van der Waals surface area contributed by atoms with E-state index >= 15 is 0 Å². The summed E-state index contributed by atoms with van der Waals surface area (Å²) in [5.41, 5.74) is 13.2. The molecular weight excluding hydrogens is 753 g/mol. The third kappa shape index (κ3) is 6.70. The van der Waals surface area contributed by atoms with E-state index < -0.39 is 0 Å². The van der Waals surface area contributed by atoms with Crippen LogP contribution in [0.2, 0.25) is 0 Å². The van der Waals surface area contributed by atoms with Crippen LogP contribution in [0.3, 0.4) is 0 Å². The molecule has 1 heterocycles. The Bertz CT molecular complexity index is 3050. The molecule has 0 aliphatic heterocycles. The fourth-order valence-electron chi connectivity index (χ4n) is 8.91. The summed E-state index contributed by atoms with van der Waals surface area (Å²) < 4.78 is 2.44. The third-order valence-electron chi connectivity index (χ3n) is 11.7.